The highest BCUT2D eigenvalue weighted by Crippen LogP contribution is 2.26. The number of anilines is 1. The Hall–Kier alpha value is -2.51. The first-order chi connectivity index (χ1) is 14.5. The average molecular weight is 445 g/mol. The Labute approximate surface area is 186 Å². The van der Waals surface area contributed by atoms with Gasteiger partial charge in [-0.15, -0.1) is 10.2 Å². The molecule has 0 aliphatic heterocycles. The van der Waals surface area contributed by atoms with Crippen molar-refractivity contribution in [1.29, 1.82) is 0 Å². The smallest absolute Gasteiger partial charge is 0.234 e. The lowest BCUT2D eigenvalue weighted by Gasteiger charge is -2.15. The van der Waals surface area contributed by atoms with Crippen LogP contribution in [-0.2, 0) is 17.8 Å². The summed E-state index contributed by atoms with van der Waals surface area (Å²) >= 11 is 7.39. The second kappa shape index (κ2) is 10.5. The van der Waals surface area contributed by atoms with Crippen LogP contribution in [-0.4, -0.2) is 26.4 Å². The van der Waals surface area contributed by atoms with Crippen LogP contribution >= 0.6 is 23.4 Å². The molecule has 1 N–H and O–H groups in total. The van der Waals surface area contributed by atoms with Gasteiger partial charge in [-0.2, -0.15) is 0 Å². The fourth-order valence-electron chi connectivity index (χ4n) is 3.07. The number of nitrogens with one attached hydrogen (secondary N) is 1. The Morgan fingerprint density at radius 3 is 2.73 bits per heavy atom. The fourth-order valence-corrected chi connectivity index (χ4v) is 4.06. The summed E-state index contributed by atoms with van der Waals surface area (Å²) in [4.78, 5) is 12.4. The van der Waals surface area contributed by atoms with Gasteiger partial charge in [-0.05, 0) is 50.1 Å². The Bertz CT molecular complexity index is 1010. The summed E-state index contributed by atoms with van der Waals surface area (Å²) in [6, 6.07) is 15.1. The van der Waals surface area contributed by atoms with E-state index in [0.717, 1.165) is 17.7 Å². The maximum absolute atomic E-state index is 12.4. The Morgan fingerprint density at radius 1 is 1.20 bits per heavy atom. The highest BCUT2D eigenvalue weighted by molar-refractivity contribution is 7.99. The lowest BCUT2D eigenvalue weighted by Crippen LogP contribution is -2.16. The number of ether oxygens (including phenoxy) is 1. The molecule has 0 fully saturated rings. The van der Waals surface area contributed by atoms with Gasteiger partial charge in [0.1, 0.15) is 5.75 Å². The molecule has 8 heteroatoms. The number of hydrogen-bond acceptors (Lipinski definition) is 5. The molecule has 3 rings (SSSR count). The van der Waals surface area contributed by atoms with E-state index in [4.69, 9.17) is 16.3 Å². The number of rotatable bonds is 9. The molecule has 0 aliphatic carbocycles. The molecule has 2 aromatic carbocycles. The predicted octanol–water partition coefficient (Wildman–Crippen LogP) is 5.38. The van der Waals surface area contributed by atoms with Crippen molar-refractivity contribution in [3.8, 4) is 5.75 Å². The van der Waals surface area contributed by atoms with Crippen LogP contribution in [0.25, 0.3) is 0 Å². The topological polar surface area (TPSA) is 69.0 Å². The number of carbonyl (C=O) groups excluding carboxylic acids is 1. The van der Waals surface area contributed by atoms with E-state index < -0.39 is 0 Å². The maximum Gasteiger partial charge on any atom is 0.234 e. The SMILES string of the molecule is CCc1ccccc1NC(=O)CSc1nnc(C(C)Oc2cccc(Cl)c2)n1CC. The molecular formula is C22H25ClN4O2S. The van der Waals surface area contributed by atoms with Crippen LogP contribution in [0.15, 0.2) is 53.7 Å². The van der Waals surface area contributed by atoms with Gasteiger partial charge in [0.05, 0.1) is 5.75 Å². The molecule has 0 bridgehead atoms. The lowest BCUT2D eigenvalue weighted by atomic mass is 10.1. The molecule has 1 heterocycles. The van der Waals surface area contributed by atoms with Crippen molar-refractivity contribution in [1.82, 2.24) is 14.8 Å². The standard InChI is InChI=1S/C22H25ClN4O2S/c1-4-16-9-6-7-12-19(16)24-20(28)14-30-22-26-25-21(27(22)5-2)15(3)29-18-11-8-10-17(23)13-18/h6-13,15H,4-5,14H2,1-3H3,(H,24,28). The minimum Gasteiger partial charge on any atom is -0.483 e. The first-order valence-corrected chi connectivity index (χ1v) is 11.2. The lowest BCUT2D eigenvalue weighted by molar-refractivity contribution is -0.113. The van der Waals surface area contributed by atoms with Crippen molar-refractivity contribution in [2.75, 3.05) is 11.1 Å². The molecule has 158 valence electrons. The zero-order chi connectivity index (χ0) is 21.5. The van der Waals surface area contributed by atoms with Gasteiger partial charge in [-0.3, -0.25) is 4.79 Å². The second-order valence-electron chi connectivity index (χ2n) is 6.65. The van der Waals surface area contributed by atoms with Crippen LogP contribution in [0.5, 0.6) is 5.75 Å². The summed E-state index contributed by atoms with van der Waals surface area (Å²) in [6.45, 7) is 6.67. The third-order valence-electron chi connectivity index (χ3n) is 4.54. The van der Waals surface area contributed by atoms with Crippen LogP contribution in [0.3, 0.4) is 0 Å². The number of aryl methyl sites for hydroxylation is 1. The minimum absolute atomic E-state index is 0.0728. The number of halogens is 1. The molecular weight excluding hydrogens is 420 g/mol. The maximum atomic E-state index is 12.4. The van der Waals surface area contributed by atoms with Gasteiger partial charge in [0.2, 0.25) is 5.91 Å². The molecule has 6 nitrogen and oxygen atoms in total. The largest absolute Gasteiger partial charge is 0.483 e. The summed E-state index contributed by atoms with van der Waals surface area (Å²) in [7, 11) is 0. The molecule has 3 aromatic rings. The van der Waals surface area contributed by atoms with Crippen molar-refractivity contribution < 1.29 is 9.53 Å². The van der Waals surface area contributed by atoms with Gasteiger partial charge in [-0.25, -0.2) is 0 Å². The van der Waals surface area contributed by atoms with Crippen LogP contribution < -0.4 is 10.1 Å². The highest BCUT2D eigenvalue weighted by Gasteiger charge is 2.19. The molecule has 30 heavy (non-hydrogen) atoms. The van der Waals surface area contributed by atoms with E-state index in [0.29, 0.717) is 28.3 Å². The van der Waals surface area contributed by atoms with Crippen molar-refractivity contribution in [3.05, 3.63) is 64.9 Å². The average Bonchev–Trinajstić information content (AvgIpc) is 3.16. The number of aromatic nitrogens is 3. The quantitative estimate of drug-likeness (QED) is 0.448. The Balaban J connectivity index is 1.64. The Kier molecular flexibility index (Phi) is 7.76. The summed E-state index contributed by atoms with van der Waals surface area (Å²) in [6.07, 6.45) is 0.553. The summed E-state index contributed by atoms with van der Waals surface area (Å²) in [5, 5.41) is 12.9. The van der Waals surface area contributed by atoms with E-state index >= 15 is 0 Å². The first-order valence-electron chi connectivity index (χ1n) is 9.87. The van der Waals surface area contributed by atoms with Gasteiger partial charge in [0, 0.05) is 17.3 Å². The number of hydrogen-bond donors (Lipinski definition) is 1. The zero-order valence-electron chi connectivity index (χ0n) is 17.3. The fraction of sp³-hybridized carbons (Fsp3) is 0.318. The van der Waals surface area contributed by atoms with Gasteiger partial charge >= 0.3 is 0 Å². The van der Waals surface area contributed by atoms with E-state index in [-0.39, 0.29) is 17.8 Å². The predicted molar refractivity (Wildman–Crippen MR) is 121 cm³/mol. The summed E-state index contributed by atoms with van der Waals surface area (Å²) in [5.74, 6) is 1.55. The second-order valence-corrected chi connectivity index (χ2v) is 8.03. The van der Waals surface area contributed by atoms with Crippen LogP contribution in [0.1, 0.15) is 38.3 Å². The minimum atomic E-state index is -0.310. The van der Waals surface area contributed by atoms with E-state index in [9.17, 15) is 4.79 Å². The molecule has 1 aromatic heterocycles. The Morgan fingerprint density at radius 2 is 2.00 bits per heavy atom. The van der Waals surface area contributed by atoms with Crippen LogP contribution in [0.4, 0.5) is 5.69 Å². The van der Waals surface area contributed by atoms with Crippen molar-refractivity contribution in [3.63, 3.8) is 0 Å². The highest BCUT2D eigenvalue weighted by atomic mass is 35.5. The third kappa shape index (κ3) is 5.55. The number of nitrogens with zero attached hydrogens (tertiary/aromatic N) is 3. The van der Waals surface area contributed by atoms with Crippen LogP contribution in [0, 0.1) is 0 Å². The molecule has 1 amide bonds. The number of carbonyl (C=O) groups is 1. The van der Waals surface area contributed by atoms with Gasteiger partial charge < -0.3 is 14.6 Å². The summed E-state index contributed by atoms with van der Waals surface area (Å²) < 4.78 is 7.94. The van der Waals surface area contributed by atoms with E-state index in [1.54, 1.807) is 12.1 Å². The normalized spacial score (nSPS) is 11.9. The van der Waals surface area contributed by atoms with Crippen molar-refractivity contribution in [2.24, 2.45) is 0 Å². The van der Waals surface area contributed by atoms with Gasteiger partial charge in [0.25, 0.3) is 0 Å². The van der Waals surface area contributed by atoms with E-state index in [1.807, 2.05) is 54.8 Å². The molecule has 0 radical (unpaired) electrons. The van der Waals surface area contributed by atoms with E-state index in [1.165, 1.54) is 11.8 Å². The number of thioether (sulfide) groups is 1. The van der Waals surface area contributed by atoms with E-state index in [2.05, 4.69) is 22.4 Å². The molecule has 0 saturated carbocycles. The monoisotopic (exact) mass is 444 g/mol. The van der Waals surface area contributed by atoms with Gasteiger partial charge in [-0.1, -0.05) is 54.6 Å². The molecule has 0 spiro atoms. The molecule has 0 saturated heterocycles. The van der Waals surface area contributed by atoms with Gasteiger partial charge in [0.15, 0.2) is 17.1 Å². The number of para-hydroxylation sites is 1. The molecule has 1 unspecified atom stereocenters. The third-order valence-corrected chi connectivity index (χ3v) is 5.74. The molecule has 0 aliphatic rings. The van der Waals surface area contributed by atoms with Crippen molar-refractivity contribution in [2.45, 2.75) is 45.0 Å². The zero-order valence-corrected chi connectivity index (χ0v) is 18.8. The first kappa shape index (κ1) is 22.2. The number of amides is 1. The van der Waals surface area contributed by atoms with Crippen molar-refractivity contribution >= 4 is 35.0 Å². The number of benzene rings is 2. The summed E-state index contributed by atoms with van der Waals surface area (Å²) in [5.41, 5.74) is 1.97. The van der Waals surface area contributed by atoms with Crippen LogP contribution in [0.2, 0.25) is 5.02 Å². The molecule has 1 atom stereocenters.